The molecule has 54 heavy (non-hydrogen) atoms. The lowest BCUT2D eigenvalue weighted by Crippen LogP contribution is -2.54. The van der Waals surface area contributed by atoms with E-state index in [1.807, 2.05) is 6.92 Å². The third kappa shape index (κ3) is 15.1. The minimum absolute atomic E-state index is 0.0651. The molecule has 1 heterocycles. The van der Waals surface area contributed by atoms with Crippen molar-refractivity contribution in [2.45, 2.75) is 65.6 Å². The minimum atomic E-state index is -4.80. The number of Topliss-reactive ketones (excluding diaryl/α,β-unsaturated/α-hetero) is 1. The molecule has 0 unspecified atom stereocenters. The molecule has 19 heteroatoms. The molecule has 1 aliphatic heterocycles. The van der Waals surface area contributed by atoms with E-state index in [0.717, 1.165) is 0 Å². The van der Waals surface area contributed by atoms with E-state index in [-0.39, 0.29) is 67.3 Å². The number of esters is 2. The van der Waals surface area contributed by atoms with Gasteiger partial charge in [0.2, 0.25) is 6.29 Å². The van der Waals surface area contributed by atoms with Gasteiger partial charge in [0, 0.05) is 55.7 Å². The summed E-state index contributed by atoms with van der Waals surface area (Å²) < 4.78 is 75.8. The zero-order chi connectivity index (χ0) is 39.5. The molecule has 5 atom stereocenters. The second-order valence-corrected chi connectivity index (χ2v) is 13.3. The molecule has 0 saturated carbocycles. The van der Waals surface area contributed by atoms with Crippen molar-refractivity contribution in [3.05, 3.63) is 64.0 Å². The van der Waals surface area contributed by atoms with Crippen LogP contribution in [-0.4, -0.2) is 103 Å². The molecule has 2 aromatic rings. The fourth-order valence-electron chi connectivity index (χ4n) is 5.14. The Labute approximate surface area is 313 Å². The van der Waals surface area contributed by atoms with E-state index in [9.17, 15) is 27.9 Å². The van der Waals surface area contributed by atoms with Gasteiger partial charge in [0.15, 0.2) is 17.3 Å². The van der Waals surface area contributed by atoms with Crippen LogP contribution in [0.4, 0.5) is 0 Å². The molecule has 298 valence electrons. The van der Waals surface area contributed by atoms with Gasteiger partial charge < -0.3 is 46.6 Å². The van der Waals surface area contributed by atoms with Crippen LogP contribution in [0.25, 0.3) is 10.4 Å². The zero-order valence-corrected chi connectivity index (χ0v) is 31.4. The van der Waals surface area contributed by atoms with Gasteiger partial charge in [-0.25, -0.2) is 0 Å². The van der Waals surface area contributed by atoms with Gasteiger partial charge in [0.05, 0.1) is 39.6 Å². The van der Waals surface area contributed by atoms with Crippen molar-refractivity contribution < 1.29 is 69.4 Å². The van der Waals surface area contributed by atoms with E-state index in [0.29, 0.717) is 45.0 Å². The van der Waals surface area contributed by atoms with Gasteiger partial charge in [-0.15, -0.1) is 8.42 Å². The fraction of sp³-hybridized carbons (Fsp3) is 0.571. The van der Waals surface area contributed by atoms with Crippen molar-refractivity contribution in [2.75, 3.05) is 52.8 Å². The largest absolute Gasteiger partial charge is 0.501 e. The second kappa shape index (κ2) is 22.7. The summed E-state index contributed by atoms with van der Waals surface area (Å²) in [6.45, 7) is 7.66. The van der Waals surface area contributed by atoms with Gasteiger partial charge in [0.1, 0.15) is 24.6 Å². The van der Waals surface area contributed by atoms with Crippen molar-refractivity contribution in [3.63, 3.8) is 0 Å². The number of benzene rings is 2. The highest BCUT2D eigenvalue weighted by Gasteiger charge is 2.45. The second-order valence-electron chi connectivity index (χ2n) is 12.1. The minimum Gasteiger partial charge on any atom is -0.463 e. The Morgan fingerprint density at radius 2 is 1.54 bits per heavy atom. The molecule has 1 aliphatic rings. The maximum Gasteiger partial charge on any atom is 0.501 e. The number of azide groups is 1. The van der Waals surface area contributed by atoms with E-state index in [2.05, 4.69) is 10.0 Å². The topological polar surface area (TPSA) is 237 Å². The lowest BCUT2D eigenvalue weighted by atomic mass is 9.84. The molecule has 1 N–H and O–H groups in total. The van der Waals surface area contributed by atoms with Crippen molar-refractivity contribution in [1.82, 2.24) is 0 Å². The van der Waals surface area contributed by atoms with E-state index in [1.54, 1.807) is 6.92 Å². The Morgan fingerprint density at radius 3 is 2.17 bits per heavy atom. The fourth-order valence-corrected chi connectivity index (χ4v) is 5.87. The van der Waals surface area contributed by atoms with Crippen molar-refractivity contribution in [1.29, 1.82) is 0 Å². The summed E-state index contributed by atoms with van der Waals surface area (Å²) in [4.78, 5) is 39.3. The van der Waals surface area contributed by atoms with Gasteiger partial charge in [0.25, 0.3) is 0 Å². The van der Waals surface area contributed by atoms with Crippen LogP contribution in [0, 0.1) is 11.8 Å². The first kappa shape index (κ1) is 43.9. The molecule has 0 aliphatic carbocycles. The van der Waals surface area contributed by atoms with Crippen molar-refractivity contribution in [3.8, 4) is 17.2 Å². The number of rotatable bonds is 24. The summed E-state index contributed by atoms with van der Waals surface area (Å²) in [5, 5.41) is 12.7. The highest BCUT2D eigenvalue weighted by molar-refractivity contribution is 7.82. The van der Waals surface area contributed by atoms with E-state index < -0.39 is 46.8 Å². The number of hydrogen-bond acceptors (Lipinski definition) is 16. The van der Waals surface area contributed by atoms with Crippen LogP contribution in [0.15, 0.2) is 47.6 Å². The van der Waals surface area contributed by atoms with Gasteiger partial charge in [-0.05, 0) is 47.8 Å². The summed E-state index contributed by atoms with van der Waals surface area (Å²) in [5.41, 5.74) is 8.88. The predicted octanol–water partition coefficient (Wildman–Crippen LogP) is 4.08. The molecule has 0 aromatic heterocycles. The number of aliphatic hydroxyl groups is 1. The Morgan fingerprint density at radius 1 is 0.870 bits per heavy atom. The van der Waals surface area contributed by atoms with E-state index >= 15 is 0 Å². The van der Waals surface area contributed by atoms with Crippen molar-refractivity contribution >= 4 is 28.1 Å². The average Bonchev–Trinajstić information content (AvgIpc) is 3.13. The molecule has 18 nitrogen and oxygen atoms in total. The summed E-state index contributed by atoms with van der Waals surface area (Å²) >= 11 is 0. The van der Waals surface area contributed by atoms with Crippen LogP contribution in [0.5, 0.6) is 17.2 Å². The Bertz CT molecular complexity index is 1670. The molecular formula is C35H47N3O15S. The maximum atomic E-state index is 13.2. The first-order valence-corrected chi connectivity index (χ1v) is 18.5. The monoisotopic (exact) mass is 781 g/mol. The number of carbonyl (C=O) groups excluding carboxylic acids is 3. The number of ether oxygens (including phenoxy) is 7. The van der Waals surface area contributed by atoms with Gasteiger partial charge >= 0.3 is 22.3 Å². The number of aliphatic hydroxyl groups excluding tert-OH is 1. The molecule has 1 fully saturated rings. The molecule has 0 amide bonds. The first-order chi connectivity index (χ1) is 25.8. The van der Waals surface area contributed by atoms with Gasteiger partial charge in [-0.1, -0.05) is 31.1 Å². The highest BCUT2D eigenvalue weighted by atomic mass is 32.3. The van der Waals surface area contributed by atoms with Gasteiger partial charge in [-0.2, -0.15) is 0 Å². The Kier molecular flexibility index (Phi) is 18.4. The normalized spacial score (nSPS) is 19.6. The average molecular weight is 782 g/mol. The third-order valence-corrected chi connectivity index (χ3v) is 8.83. The standard InChI is InChI=1S/C35H47N3O15S/c1-23-24(2)35(51-33(22-48-25(3)40)34(23)49-26(4)41)50-31-12-9-28(20-32(31)53-54(43,44)52-29-10-7-27(21-39)8-11-29)30(42)6-5-14-45-16-18-47-19-17-46-15-13-37-38-36/h7-12,20,23-24,33-35,39H,5-6,13-19,21-22H2,1-4H3/t23-,24-,33-,34-,35-/m1/s1. The zero-order valence-electron chi connectivity index (χ0n) is 30.6. The first-order valence-electron chi connectivity index (χ1n) is 17.2. The summed E-state index contributed by atoms with van der Waals surface area (Å²) in [7, 11) is -4.80. The smallest absolute Gasteiger partial charge is 0.463 e. The molecule has 2 aromatic carbocycles. The Balaban J connectivity index is 1.71. The molecule has 0 radical (unpaired) electrons. The van der Waals surface area contributed by atoms with Crippen LogP contribution in [0.2, 0.25) is 0 Å². The third-order valence-electron chi connectivity index (χ3n) is 8.05. The van der Waals surface area contributed by atoms with E-state index in [4.69, 9.17) is 47.1 Å². The summed E-state index contributed by atoms with van der Waals surface area (Å²) in [6.07, 6.45) is -2.34. The molecule has 0 spiro atoms. The maximum absolute atomic E-state index is 13.2. The molecular weight excluding hydrogens is 734 g/mol. The highest BCUT2D eigenvalue weighted by Crippen LogP contribution is 2.38. The molecule has 1 saturated heterocycles. The summed E-state index contributed by atoms with van der Waals surface area (Å²) in [6, 6.07) is 9.65. The lowest BCUT2D eigenvalue weighted by molar-refractivity contribution is -0.248. The van der Waals surface area contributed by atoms with Gasteiger partial charge in [-0.3, -0.25) is 14.4 Å². The number of nitrogens with zero attached hydrogens (tertiary/aromatic N) is 3. The SMILES string of the molecule is CC(=O)OC[C@H]1O[C@@H](Oc2ccc(C(=O)CCCOCCOCCOCCN=[N+]=[N-])cc2OS(=O)(=O)Oc2ccc(CO)cc2)[C@H](C)[C@@H](C)[C@H]1OC(C)=O. The van der Waals surface area contributed by atoms with Crippen LogP contribution < -0.4 is 13.1 Å². The Hall–Kier alpha value is -4.49. The van der Waals surface area contributed by atoms with Crippen LogP contribution in [0.1, 0.15) is 56.5 Å². The van der Waals surface area contributed by atoms with Crippen molar-refractivity contribution in [2.24, 2.45) is 17.0 Å². The molecule has 0 bridgehead atoms. The predicted molar refractivity (Wildman–Crippen MR) is 189 cm³/mol. The quantitative estimate of drug-likeness (QED) is 0.0394. The van der Waals surface area contributed by atoms with Crippen LogP contribution in [0.3, 0.4) is 0 Å². The molecule has 3 rings (SSSR count). The number of carbonyl (C=O) groups is 3. The number of ketones is 1. The lowest BCUT2D eigenvalue weighted by Gasteiger charge is -2.43. The summed E-state index contributed by atoms with van der Waals surface area (Å²) in [5.74, 6) is -2.84. The van der Waals surface area contributed by atoms with E-state index in [1.165, 1.54) is 56.3 Å². The van der Waals surface area contributed by atoms with Crippen LogP contribution in [-0.2, 0) is 55.0 Å². The number of hydrogen-bond donors (Lipinski definition) is 1. The van der Waals surface area contributed by atoms with Crippen LogP contribution >= 0.6 is 0 Å².